The van der Waals surface area contributed by atoms with Gasteiger partial charge < -0.3 is 14.7 Å². The summed E-state index contributed by atoms with van der Waals surface area (Å²) in [4.78, 5) is 7.15. The van der Waals surface area contributed by atoms with Gasteiger partial charge in [0.05, 0.1) is 0 Å². The monoisotopic (exact) mass is 1800 g/mol. The van der Waals surface area contributed by atoms with Crippen LogP contribution in [0.5, 0.6) is 0 Å². The Morgan fingerprint density at radius 2 is 0.340 bits per heavy atom. The first-order valence-corrected chi connectivity index (χ1v) is 49.1. The van der Waals surface area contributed by atoms with E-state index >= 15 is 0 Å². The van der Waals surface area contributed by atoms with Crippen LogP contribution in [0.3, 0.4) is 0 Å². The molecule has 3 nitrogen and oxygen atoms in total. The maximum atomic E-state index is 2.43. The minimum absolute atomic E-state index is 1.15. The molecule has 0 fully saturated rings. The van der Waals surface area contributed by atoms with Crippen LogP contribution in [0.15, 0.2) is 491 Å². The summed E-state index contributed by atoms with van der Waals surface area (Å²) in [5.41, 5.74) is 49.5. The SMILES string of the molecule is Cc1ccc(N(c2ccc(C)cc2)c2ccc3cc4c(cc3c2)-c2c-4c(-c3ccccc3)c3ccccc3c2-c2ccccc2)cc1.Cc1cccc(N(c2cccc(C)c2)c2ccc3cc4c(cc3c2)-c2c-4c(-c3ccccc3)c3ccccc3c2-c2ccccc2)c1.Cc1ccccc1N(c1ccc2cc3c(cc2c1)-c1c-3c(-c2ccccc2)c2ccccc2c1-c1ccccc1)c1ccccc1C. The van der Waals surface area contributed by atoms with Crippen LogP contribution in [0.25, 0.3) is 198 Å². The van der Waals surface area contributed by atoms with Crippen LogP contribution in [0.4, 0.5) is 51.2 Å². The minimum Gasteiger partial charge on any atom is -0.310 e. The van der Waals surface area contributed by atoms with E-state index in [0.717, 1.165) is 39.8 Å². The van der Waals surface area contributed by atoms with Crippen molar-refractivity contribution >= 4 is 116 Å². The molecule has 0 aliphatic heterocycles. The smallest absolute Gasteiger partial charge is 0.0490 e. The normalized spacial score (nSPS) is 11.6. The van der Waals surface area contributed by atoms with Crippen molar-refractivity contribution in [2.75, 3.05) is 14.7 Å². The Morgan fingerprint density at radius 1 is 0.128 bits per heavy atom. The van der Waals surface area contributed by atoms with Crippen molar-refractivity contribution in [3.63, 3.8) is 0 Å². The third kappa shape index (κ3) is 14.9. The van der Waals surface area contributed by atoms with Crippen LogP contribution >= 0.6 is 0 Å². The topological polar surface area (TPSA) is 9.72 Å². The van der Waals surface area contributed by atoms with Gasteiger partial charge >= 0.3 is 0 Å². The van der Waals surface area contributed by atoms with Gasteiger partial charge in [-0.1, -0.05) is 369 Å². The Balaban J connectivity index is 0.000000111. The second-order valence-corrected chi connectivity index (χ2v) is 38.0. The summed E-state index contributed by atoms with van der Waals surface area (Å²) in [7, 11) is 0. The van der Waals surface area contributed by atoms with Gasteiger partial charge in [0.1, 0.15) is 0 Å². The number of hydrogen-bond donors (Lipinski definition) is 0. The number of para-hydroxylation sites is 2. The molecule has 0 bridgehead atoms. The van der Waals surface area contributed by atoms with E-state index < -0.39 is 0 Å². The lowest BCUT2D eigenvalue weighted by Crippen LogP contribution is -2.12. The summed E-state index contributed by atoms with van der Waals surface area (Å²) in [6, 6.07) is 180. The zero-order chi connectivity index (χ0) is 94.5. The van der Waals surface area contributed by atoms with Gasteiger partial charge in [-0.15, -0.1) is 0 Å². The average Bonchev–Trinajstić information content (AvgIpc) is 0.695. The molecule has 666 valence electrons. The van der Waals surface area contributed by atoms with Crippen LogP contribution in [0, 0.1) is 41.5 Å². The molecule has 0 saturated carbocycles. The molecule has 0 saturated heterocycles. The third-order valence-corrected chi connectivity index (χ3v) is 29.1. The van der Waals surface area contributed by atoms with Crippen LogP contribution in [-0.4, -0.2) is 0 Å². The molecule has 0 spiro atoms. The van der Waals surface area contributed by atoms with Gasteiger partial charge in [-0.3, -0.25) is 0 Å². The number of aryl methyl sites for hydroxylation is 6. The maximum Gasteiger partial charge on any atom is 0.0490 e. The molecule has 3 heteroatoms. The van der Waals surface area contributed by atoms with Crippen LogP contribution in [0.2, 0.25) is 0 Å². The molecule has 24 aromatic rings. The van der Waals surface area contributed by atoms with Gasteiger partial charge in [-0.05, 0) is 395 Å². The Labute approximate surface area is 824 Å². The Hall–Kier alpha value is -17.8. The molecule has 0 heterocycles. The van der Waals surface area contributed by atoms with Crippen LogP contribution < -0.4 is 14.7 Å². The van der Waals surface area contributed by atoms with Crippen molar-refractivity contribution in [2.24, 2.45) is 0 Å². The van der Waals surface area contributed by atoms with Crippen molar-refractivity contribution < 1.29 is 0 Å². The van der Waals surface area contributed by atoms with E-state index in [0.29, 0.717) is 0 Å². The predicted molar refractivity (Wildman–Crippen MR) is 603 cm³/mol. The molecular formula is C138H99N3. The second-order valence-electron chi connectivity index (χ2n) is 38.0. The second kappa shape index (κ2) is 35.4. The molecule has 3 aliphatic carbocycles. The summed E-state index contributed by atoms with van der Waals surface area (Å²) in [5, 5.41) is 15.2. The highest BCUT2D eigenvalue weighted by atomic mass is 15.2. The molecular weight excluding hydrogens is 1700 g/mol. The van der Waals surface area contributed by atoms with Crippen molar-refractivity contribution in [2.45, 2.75) is 41.5 Å². The quantitative estimate of drug-likeness (QED) is 0.101. The summed E-state index contributed by atoms with van der Waals surface area (Å²) >= 11 is 0. The third-order valence-electron chi connectivity index (χ3n) is 29.1. The zero-order valence-electron chi connectivity index (χ0n) is 79.6. The molecule has 0 N–H and O–H groups in total. The molecule has 141 heavy (non-hydrogen) atoms. The number of benzene rings is 24. The molecule has 0 amide bonds. The first-order chi connectivity index (χ1) is 69.4. The van der Waals surface area contributed by atoms with Gasteiger partial charge in [-0.2, -0.15) is 0 Å². The van der Waals surface area contributed by atoms with Gasteiger partial charge in [0.25, 0.3) is 0 Å². The molecule has 27 rings (SSSR count). The molecule has 24 aromatic carbocycles. The summed E-state index contributed by atoms with van der Waals surface area (Å²) in [5.74, 6) is 0. The largest absolute Gasteiger partial charge is 0.310 e. The highest BCUT2D eigenvalue weighted by Gasteiger charge is 2.37. The fourth-order valence-electron chi connectivity index (χ4n) is 22.5. The van der Waals surface area contributed by atoms with Gasteiger partial charge in [0.15, 0.2) is 0 Å². The maximum absolute atomic E-state index is 2.43. The standard InChI is InChI=1S/3C46H33N/c1-30-15-9-13-23-41(30)47(42-24-14-10-16-31(42)2)36-26-25-34-28-39-40(29-35(34)27-36)46-44(33-19-7-4-8-20-33)38-22-12-11-21-37(38)43(45(39)46)32-17-5-3-6-18-32;1-30-13-11-19-36(25-30)47(37-20-12-14-31(2)26-37)38-24-23-34-28-41-42(29-35(34)27-38)46-44(33-17-7-4-8-18-33)40-22-10-9-21-39(40)43(45(41)46)32-15-5-3-6-16-32;1-30-17-22-36(23-18-30)47(37-24-19-31(2)20-25-37)38-26-21-34-28-41-42(29-35(34)27-38)46-44(33-13-7-4-8-14-33)40-16-10-9-15-39(40)43(45(41)46)32-11-5-3-6-12-32/h3*3-29H,1-2H3. The van der Waals surface area contributed by atoms with Crippen LogP contribution in [-0.2, 0) is 0 Å². The summed E-state index contributed by atoms with van der Waals surface area (Å²) in [6.45, 7) is 13.0. The Morgan fingerprint density at radius 3 is 0.596 bits per heavy atom. The van der Waals surface area contributed by atoms with Crippen LogP contribution in [0.1, 0.15) is 33.4 Å². The lowest BCUT2D eigenvalue weighted by Gasteiger charge is -2.33. The molecule has 3 aliphatic rings. The number of nitrogens with zero attached hydrogens (tertiary/aromatic N) is 3. The average molecular weight is 1800 g/mol. The fourth-order valence-corrected chi connectivity index (χ4v) is 22.5. The highest BCUT2D eigenvalue weighted by molar-refractivity contribution is 6.30. The van der Waals surface area contributed by atoms with Gasteiger partial charge in [0, 0.05) is 51.2 Å². The lowest BCUT2D eigenvalue weighted by molar-refractivity contribution is 1.23. The molecule has 0 radical (unpaired) electrons. The minimum atomic E-state index is 1.15. The van der Waals surface area contributed by atoms with E-state index in [9.17, 15) is 0 Å². The van der Waals surface area contributed by atoms with E-state index in [2.05, 4.69) is 548 Å². The number of anilines is 9. The van der Waals surface area contributed by atoms with E-state index in [1.807, 2.05) is 0 Å². The lowest BCUT2D eigenvalue weighted by atomic mass is 9.70. The molecule has 0 atom stereocenters. The van der Waals surface area contributed by atoms with Gasteiger partial charge in [0.2, 0.25) is 0 Å². The van der Waals surface area contributed by atoms with E-state index in [4.69, 9.17) is 0 Å². The molecule has 0 aromatic heterocycles. The molecule has 0 unspecified atom stereocenters. The van der Waals surface area contributed by atoms with E-state index in [1.54, 1.807) is 0 Å². The van der Waals surface area contributed by atoms with E-state index in [1.165, 1.54) is 243 Å². The highest BCUT2D eigenvalue weighted by Crippen LogP contribution is 2.64. The van der Waals surface area contributed by atoms with Crippen molar-refractivity contribution in [1.29, 1.82) is 0 Å². The zero-order valence-corrected chi connectivity index (χ0v) is 79.6. The van der Waals surface area contributed by atoms with E-state index in [-0.39, 0.29) is 0 Å². The first-order valence-electron chi connectivity index (χ1n) is 49.1. The van der Waals surface area contributed by atoms with Crippen molar-refractivity contribution in [3.8, 4) is 134 Å². The number of fused-ring (bicyclic) bond motifs is 18. The van der Waals surface area contributed by atoms with Crippen molar-refractivity contribution in [1.82, 2.24) is 0 Å². The summed E-state index contributed by atoms with van der Waals surface area (Å²) in [6.07, 6.45) is 0. The predicted octanol–water partition coefficient (Wildman–Crippen LogP) is 39.2. The van der Waals surface area contributed by atoms with Gasteiger partial charge in [-0.25, -0.2) is 0 Å². The van der Waals surface area contributed by atoms with Crippen molar-refractivity contribution in [3.05, 3.63) is 525 Å². The number of hydrogen-bond acceptors (Lipinski definition) is 3. The number of rotatable bonds is 15. The Kier molecular flexibility index (Phi) is 21.3. The first kappa shape index (κ1) is 84.9. The summed E-state index contributed by atoms with van der Waals surface area (Å²) < 4.78 is 0. The fraction of sp³-hybridized carbons (Fsp3) is 0.0435. The Bertz CT molecular complexity index is 8930.